The van der Waals surface area contributed by atoms with Gasteiger partial charge in [0.2, 0.25) is 0 Å². The highest BCUT2D eigenvalue weighted by molar-refractivity contribution is 6.02. The summed E-state index contributed by atoms with van der Waals surface area (Å²) in [5.41, 5.74) is 2.69. The zero-order valence-corrected chi connectivity index (χ0v) is 21.2. The molecule has 1 fully saturated rings. The van der Waals surface area contributed by atoms with E-state index >= 15 is 0 Å². The van der Waals surface area contributed by atoms with E-state index in [2.05, 4.69) is 15.3 Å². The van der Waals surface area contributed by atoms with Crippen LogP contribution in [0.15, 0.2) is 71.8 Å². The van der Waals surface area contributed by atoms with Crippen molar-refractivity contribution in [3.8, 4) is 16.9 Å². The number of nitrogens with one attached hydrogen (secondary N) is 1. The quantitative estimate of drug-likeness (QED) is 0.330. The van der Waals surface area contributed by atoms with Crippen molar-refractivity contribution in [3.63, 3.8) is 0 Å². The summed E-state index contributed by atoms with van der Waals surface area (Å²) in [6, 6.07) is 14.5. The fraction of sp³-hybridized carbons (Fsp3) is 0.241. The number of hydrogen-bond acceptors (Lipinski definition) is 6. The number of halogens is 3. The topological polar surface area (TPSA) is 75.9 Å². The maximum absolute atomic E-state index is 14.3. The zero-order valence-electron chi connectivity index (χ0n) is 21.2. The van der Waals surface area contributed by atoms with Crippen molar-refractivity contribution in [3.05, 3.63) is 88.6 Å². The van der Waals surface area contributed by atoms with Crippen LogP contribution in [0.1, 0.15) is 18.2 Å². The summed E-state index contributed by atoms with van der Waals surface area (Å²) in [6.07, 6.45) is -0.452. The van der Waals surface area contributed by atoms with Crippen LogP contribution in [-0.2, 0) is 12.6 Å². The smallest absolute Gasteiger partial charge is 0.368 e. The number of aryl methyl sites for hydroxylation is 1. The van der Waals surface area contributed by atoms with Crippen molar-refractivity contribution in [1.29, 1.82) is 0 Å². The van der Waals surface area contributed by atoms with Gasteiger partial charge in [-0.2, -0.15) is 13.2 Å². The molecule has 1 aliphatic heterocycles. The van der Waals surface area contributed by atoms with Crippen LogP contribution in [0.5, 0.6) is 0 Å². The van der Waals surface area contributed by atoms with Crippen LogP contribution in [0.3, 0.4) is 0 Å². The van der Waals surface area contributed by atoms with Gasteiger partial charge in [0.25, 0.3) is 5.56 Å². The Hall–Kier alpha value is -4.31. The first-order chi connectivity index (χ1) is 18.8. The molecule has 0 saturated carbocycles. The average Bonchev–Trinajstić information content (AvgIpc) is 2.96. The Balaban J connectivity index is 1.58. The molecule has 5 aromatic rings. The zero-order chi connectivity index (χ0) is 27.1. The van der Waals surface area contributed by atoms with E-state index in [1.807, 2.05) is 25.1 Å². The summed E-state index contributed by atoms with van der Waals surface area (Å²) in [7, 11) is 0. The van der Waals surface area contributed by atoms with Crippen LogP contribution in [0.25, 0.3) is 38.9 Å². The van der Waals surface area contributed by atoms with Gasteiger partial charge < -0.3 is 10.2 Å². The van der Waals surface area contributed by atoms with Crippen LogP contribution in [0, 0.1) is 0 Å². The molecule has 7 nitrogen and oxygen atoms in total. The summed E-state index contributed by atoms with van der Waals surface area (Å²) in [6.45, 7) is 4.16. The molecule has 0 spiro atoms. The molecule has 0 atom stereocenters. The molecule has 1 saturated heterocycles. The molecule has 1 aromatic carbocycles. The maximum Gasteiger partial charge on any atom is 0.418 e. The van der Waals surface area contributed by atoms with Crippen molar-refractivity contribution < 1.29 is 13.2 Å². The predicted molar refractivity (Wildman–Crippen MR) is 145 cm³/mol. The normalized spacial score (nSPS) is 14.3. The molecule has 0 unspecified atom stereocenters. The van der Waals surface area contributed by atoms with Crippen LogP contribution < -0.4 is 15.8 Å². The second-order valence-corrected chi connectivity index (χ2v) is 9.46. The molecular formula is C29H25F3N6O. The number of benzene rings is 1. The Morgan fingerprint density at radius 1 is 0.949 bits per heavy atom. The van der Waals surface area contributed by atoms with E-state index < -0.39 is 17.3 Å². The highest BCUT2D eigenvalue weighted by atomic mass is 19.4. The van der Waals surface area contributed by atoms with Crippen LogP contribution in [-0.4, -0.2) is 45.7 Å². The molecule has 5 heterocycles. The minimum absolute atomic E-state index is 0.107. The molecule has 6 rings (SSSR count). The Morgan fingerprint density at radius 3 is 2.49 bits per heavy atom. The predicted octanol–water partition coefficient (Wildman–Crippen LogP) is 4.99. The van der Waals surface area contributed by atoms with E-state index in [9.17, 15) is 18.0 Å². The van der Waals surface area contributed by atoms with Gasteiger partial charge in [-0.15, -0.1) is 0 Å². The lowest BCUT2D eigenvalue weighted by molar-refractivity contribution is -0.137. The van der Waals surface area contributed by atoms with Gasteiger partial charge in [-0.25, -0.2) is 4.98 Å². The van der Waals surface area contributed by atoms with Crippen molar-refractivity contribution in [1.82, 2.24) is 24.8 Å². The molecule has 0 amide bonds. The molecule has 1 N–H and O–H groups in total. The van der Waals surface area contributed by atoms with Gasteiger partial charge in [0.05, 0.1) is 28.0 Å². The third-order valence-corrected chi connectivity index (χ3v) is 7.05. The standard InChI is InChI=1S/C29H25F3N6O/c1-2-20-5-3-18(16-34-20)23-7-8-24-27(36-23)28-19(17-35-24)4-10-26(39)38(28)21-6-9-25(22(15-21)29(30,31)32)37-13-11-33-12-14-37/h3-10,15-17,33H,2,11-14H2,1H3. The van der Waals surface area contributed by atoms with Gasteiger partial charge in [-0.05, 0) is 55.0 Å². The Labute approximate surface area is 222 Å². The van der Waals surface area contributed by atoms with E-state index in [0.717, 1.165) is 23.7 Å². The van der Waals surface area contributed by atoms with E-state index in [0.29, 0.717) is 53.8 Å². The summed E-state index contributed by atoms with van der Waals surface area (Å²) >= 11 is 0. The molecular weight excluding hydrogens is 505 g/mol. The summed E-state index contributed by atoms with van der Waals surface area (Å²) in [4.78, 5) is 28.7. The fourth-order valence-corrected chi connectivity index (χ4v) is 5.04. The van der Waals surface area contributed by atoms with Crippen LogP contribution >= 0.6 is 0 Å². The van der Waals surface area contributed by atoms with Gasteiger partial charge in [0.15, 0.2) is 0 Å². The molecule has 39 heavy (non-hydrogen) atoms. The van der Waals surface area contributed by atoms with Crippen molar-refractivity contribution in [2.75, 3.05) is 31.1 Å². The lowest BCUT2D eigenvalue weighted by Gasteiger charge is -2.31. The number of hydrogen-bond donors (Lipinski definition) is 1. The largest absolute Gasteiger partial charge is 0.418 e. The summed E-state index contributed by atoms with van der Waals surface area (Å²) in [5.74, 6) is 0. The second-order valence-electron chi connectivity index (χ2n) is 9.46. The van der Waals surface area contributed by atoms with E-state index in [1.54, 1.807) is 35.5 Å². The molecule has 0 bridgehead atoms. The molecule has 198 valence electrons. The first-order valence-electron chi connectivity index (χ1n) is 12.8. The SMILES string of the molecule is CCc1ccc(-c2ccc3ncc4ccc(=O)n(-c5ccc(N6CCNCC6)c(C(F)(F)F)c5)c4c3n2)cn1. The molecule has 10 heteroatoms. The van der Waals surface area contributed by atoms with Gasteiger partial charge in [0, 0.05) is 67.0 Å². The first-order valence-corrected chi connectivity index (χ1v) is 12.8. The summed E-state index contributed by atoms with van der Waals surface area (Å²) in [5, 5.41) is 3.75. The van der Waals surface area contributed by atoms with Crippen molar-refractivity contribution in [2.45, 2.75) is 19.5 Å². The van der Waals surface area contributed by atoms with Crippen molar-refractivity contribution >= 4 is 27.6 Å². The summed E-state index contributed by atoms with van der Waals surface area (Å²) < 4.78 is 44.2. The highest BCUT2D eigenvalue weighted by Gasteiger charge is 2.36. The molecule has 0 aliphatic carbocycles. The molecule has 0 radical (unpaired) electrons. The number of alkyl halides is 3. The Morgan fingerprint density at radius 2 is 1.77 bits per heavy atom. The fourth-order valence-electron chi connectivity index (χ4n) is 5.04. The molecule has 4 aromatic heterocycles. The second kappa shape index (κ2) is 9.77. The van der Waals surface area contributed by atoms with Gasteiger partial charge in [0.1, 0.15) is 5.52 Å². The molecule has 1 aliphatic rings. The number of piperazine rings is 1. The number of pyridine rings is 4. The van der Waals surface area contributed by atoms with Crippen LogP contribution in [0.2, 0.25) is 0 Å². The Kier molecular flexibility index (Phi) is 6.26. The number of anilines is 1. The third kappa shape index (κ3) is 4.61. The average molecular weight is 531 g/mol. The maximum atomic E-state index is 14.3. The van der Waals surface area contributed by atoms with E-state index in [4.69, 9.17) is 4.98 Å². The van der Waals surface area contributed by atoms with Gasteiger partial charge in [-0.1, -0.05) is 6.92 Å². The number of aromatic nitrogens is 4. The number of fused-ring (bicyclic) bond motifs is 3. The van der Waals surface area contributed by atoms with Crippen LogP contribution in [0.4, 0.5) is 18.9 Å². The Bertz CT molecular complexity index is 1740. The minimum atomic E-state index is -4.60. The minimum Gasteiger partial charge on any atom is -0.368 e. The highest BCUT2D eigenvalue weighted by Crippen LogP contribution is 2.38. The third-order valence-electron chi connectivity index (χ3n) is 7.05. The van der Waals surface area contributed by atoms with E-state index in [-0.39, 0.29) is 11.4 Å². The van der Waals surface area contributed by atoms with Crippen molar-refractivity contribution in [2.24, 2.45) is 0 Å². The number of nitrogens with zero attached hydrogens (tertiary/aromatic N) is 5. The van der Waals surface area contributed by atoms with E-state index in [1.165, 1.54) is 16.7 Å². The first kappa shape index (κ1) is 25.0. The lowest BCUT2D eigenvalue weighted by Crippen LogP contribution is -2.44. The van der Waals surface area contributed by atoms with Gasteiger partial charge >= 0.3 is 6.18 Å². The monoisotopic (exact) mass is 530 g/mol. The lowest BCUT2D eigenvalue weighted by atomic mass is 10.1. The number of rotatable bonds is 4. The van der Waals surface area contributed by atoms with Gasteiger partial charge in [-0.3, -0.25) is 19.3 Å².